The van der Waals surface area contributed by atoms with Crippen LogP contribution in [0.5, 0.6) is 0 Å². The fourth-order valence-electron chi connectivity index (χ4n) is 3.50. The Labute approximate surface area is 178 Å². The molecule has 1 fully saturated rings. The quantitative estimate of drug-likeness (QED) is 0.714. The number of nitrogens with one attached hydrogen (secondary N) is 2. The molecule has 0 aromatic heterocycles. The van der Waals surface area contributed by atoms with Crippen molar-refractivity contribution in [3.63, 3.8) is 0 Å². The third-order valence-corrected chi connectivity index (χ3v) is 5.34. The van der Waals surface area contributed by atoms with E-state index in [4.69, 9.17) is 4.74 Å². The molecule has 1 atom stereocenters. The van der Waals surface area contributed by atoms with Gasteiger partial charge in [0.05, 0.1) is 19.3 Å². The van der Waals surface area contributed by atoms with Gasteiger partial charge in [-0.15, -0.1) is 0 Å². The Morgan fingerprint density at radius 1 is 1.03 bits per heavy atom. The molecule has 1 saturated heterocycles. The number of nitrogens with zero attached hydrogens (tertiary/aromatic N) is 2. The Kier molecular flexibility index (Phi) is 7.43. The zero-order valence-corrected chi connectivity index (χ0v) is 17.9. The molecule has 1 heterocycles. The van der Waals surface area contributed by atoms with Crippen LogP contribution in [0.1, 0.15) is 17.2 Å². The maximum absolute atomic E-state index is 12.4. The largest absolute Gasteiger partial charge is 0.379 e. The number of morpholine rings is 1. The van der Waals surface area contributed by atoms with Crippen molar-refractivity contribution in [2.45, 2.75) is 13.0 Å². The smallest absolute Gasteiger partial charge is 0.313 e. The van der Waals surface area contributed by atoms with E-state index in [1.165, 1.54) is 0 Å². The van der Waals surface area contributed by atoms with Crippen molar-refractivity contribution in [3.8, 4) is 0 Å². The molecule has 1 unspecified atom stereocenters. The molecule has 2 aromatic carbocycles. The molecule has 160 valence electrons. The van der Waals surface area contributed by atoms with Gasteiger partial charge >= 0.3 is 11.8 Å². The summed E-state index contributed by atoms with van der Waals surface area (Å²) in [4.78, 5) is 29.1. The molecule has 1 aliphatic heterocycles. The summed E-state index contributed by atoms with van der Waals surface area (Å²) < 4.78 is 5.48. The first-order chi connectivity index (χ1) is 14.5. The number of carbonyl (C=O) groups excluding carboxylic acids is 2. The van der Waals surface area contributed by atoms with E-state index < -0.39 is 11.8 Å². The number of para-hydroxylation sites is 1. The van der Waals surface area contributed by atoms with E-state index in [-0.39, 0.29) is 6.04 Å². The van der Waals surface area contributed by atoms with Gasteiger partial charge in [-0.2, -0.15) is 0 Å². The van der Waals surface area contributed by atoms with E-state index in [9.17, 15) is 9.59 Å². The van der Waals surface area contributed by atoms with Crippen molar-refractivity contribution in [3.05, 3.63) is 59.7 Å². The lowest BCUT2D eigenvalue weighted by Crippen LogP contribution is -2.45. The number of amides is 2. The van der Waals surface area contributed by atoms with Crippen LogP contribution in [0, 0.1) is 6.92 Å². The fourth-order valence-corrected chi connectivity index (χ4v) is 3.50. The molecule has 3 rings (SSSR count). The van der Waals surface area contributed by atoms with Crippen LogP contribution in [0.25, 0.3) is 0 Å². The van der Waals surface area contributed by atoms with Gasteiger partial charge in [0.15, 0.2) is 0 Å². The molecule has 0 radical (unpaired) electrons. The van der Waals surface area contributed by atoms with Crippen molar-refractivity contribution in [1.29, 1.82) is 0 Å². The summed E-state index contributed by atoms with van der Waals surface area (Å²) in [6.07, 6.45) is 0. The minimum atomic E-state index is -0.659. The highest BCUT2D eigenvalue weighted by Gasteiger charge is 2.24. The number of benzene rings is 2. The predicted molar refractivity (Wildman–Crippen MR) is 119 cm³/mol. The van der Waals surface area contributed by atoms with Gasteiger partial charge in [0.2, 0.25) is 0 Å². The SMILES string of the molecule is Cc1ccccc1NC(=O)C(=O)NCC(c1ccc(N(C)C)cc1)N1CCOCC1. The first kappa shape index (κ1) is 21.8. The van der Waals surface area contributed by atoms with E-state index in [0.29, 0.717) is 25.4 Å². The molecule has 2 N–H and O–H groups in total. The minimum absolute atomic E-state index is 0.0275. The highest BCUT2D eigenvalue weighted by atomic mass is 16.5. The van der Waals surface area contributed by atoms with Crippen LogP contribution in [0.2, 0.25) is 0 Å². The maximum Gasteiger partial charge on any atom is 0.313 e. The summed E-state index contributed by atoms with van der Waals surface area (Å²) >= 11 is 0. The van der Waals surface area contributed by atoms with Gasteiger partial charge in [0.1, 0.15) is 0 Å². The second-order valence-corrected chi connectivity index (χ2v) is 7.63. The van der Waals surface area contributed by atoms with Gasteiger partial charge in [0.25, 0.3) is 0 Å². The van der Waals surface area contributed by atoms with Crippen molar-refractivity contribution in [1.82, 2.24) is 10.2 Å². The Balaban J connectivity index is 1.67. The van der Waals surface area contributed by atoms with Crippen LogP contribution in [-0.2, 0) is 14.3 Å². The predicted octanol–water partition coefficient (Wildman–Crippen LogP) is 2.19. The number of hydrogen-bond donors (Lipinski definition) is 2. The zero-order chi connectivity index (χ0) is 21.5. The zero-order valence-electron chi connectivity index (χ0n) is 17.9. The lowest BCUT2D eigenvalue weighted by Gasteiger charge is -2.35. The standard InChI is InChI=1S/C23H30N4O3/c1-17-6-4-5-7-20(17)25-23(29)22(28)24-16-21(27-12-14-30-15-13-27)18-8-10-19(11-9-18)26(2)3/h4-11,21H,12-16H2,1-3H3,(H,24,28)(H,25,29). The van der Waals surface area contributed by atoms with E-state index in [1.54, 1.807) is 6.07 Å². The Bertz CT molecular complexity index is 861. The molecule has 2 aromatic rings. The number of hydrogen-bond acceptors (Lipinski definition) is 5. The molecule has 0 bridgehead atoms. The minimum Gasteiger partial charge on any atom is -0.379 e. The van der Waals surface area contributed by atoms with Gasteiger partial charge in [-0.25, -0.2) is 0 Å². The molecular weight excluding hydrogens is 380 g/mol. The lowest BCUT2D eigenvalue weighted by molar-refractivity contribution is -0.136. The third kappa shape index (κ3) is 5.58. The van der Waals surface area contributed by atoms with Crippen molar-refractivity contribution in [2.24, 2.45) is 0 Å². The van der Waals surface area contributed by atoms with E-state index in [2.05, 4.69) is 39.8 Å². The lowest BCUT2D eigenvalue weighted by atomic mass is 10.0. The summed E-state index contributed by atoms with van der Waals surface area (Å²) in [6.45, 7) is 5.12. The van der Waals surface area contributed by atoms with Gasteiger partial charge in [-0.3, -0.25) is 14.5 Å². The third-order valence-electron chi connectivity index (χ3n) is 5.34. The van der Waals surface area contributed by atoms with Crippen LogP contribution in [0.4, 0.5) is 11.4 Å². The number of ether oxygens (including phenoxy) is 1. The van der Waals surface area contributed by atoms with E-state index in [0.717, 1.165) is 29.9 Å². The second-order valence-electron chi connectivity index (χ2n) is 7.63. The van der Waals surface area contributed by atoms with Crippen molar-refractivity contribution >= 4 is 23.2 Å². The average molecular weight is 411 g/mol. The highest BCUT2D eigenvalue weighted by Crippen LogP contribution is 2.24. The number of anilines is 2. The topological polar surface area (TPSA) is 73.9 Å². The second kappa shape index (κ2) is 10.2. The van der Waals surface area contributed by atoms with Crippen LogP contribution >= 0.6 is 0 Å². The van der Waals surface area contributed by atoms with E-state index >= 15 is 0 Å². The summed E-state index contributed by atoms with van der Waals surface area (Å²) in [6, 6.07) is 15.6. The van der Waals surface area contributed by atoms with Crippen LogP contribution in [-0.4, -0.2) is 63.7 Å². The molecule has 0 saturated carbocycles. The maximum atomic E-state index is 12.4. The first-order valence-corrected chi connectivity index (χ1v) is 10.2. The van der Waals surface area contributed by atoms with Gasteiger partial charge in [-0.05, 0) is 36.2 Å². The molecule has 30 heavy (non-hydrogen) atoms. The highest BCUT2D eigenvalue weighted by molar-refractivity contribution is 6.39. The molecular formula is C23H30N4O3. The Morgan fingerprint density at radius 3 is 2.33 bits per heavy atom. The average Bonchev–Trinajstić information content (AvgIpc) is 2.76. The van der Waals surface area contributed by atoms with Crippen LogP contribution in [0.15, 0.2) is 48.5 Å². The van der Waals surface area contributed by atoms with Gasteiger partial charge in [0, 0.05) is 45.1 Å². The fraction of sp³-hybridized carbons (Fsp3) is 0.391. The summed E-state index contributed by atoms with van der Waals surface area (Å²) in [5.41, 5.74) is 3.76. The molecule has 2 amide bonds. The number of rotatable bonds is 6. The van der Waals surface area contributed by atoms with Gasteiger partial charge < -0.3 is 20.3 Å². The van der Waals surface area contributed by atoms with Gasteiger partial charge in [-0.1, -0.05) is 30.3 Å². The molecule has 0 aliphatic carbocycles. The van der Waals surface area contributed by atoms with Crippen LogP contribution in [0.3, 0.4) is 0 Å². The van der Waals surface area contributed by atoms with Crippen molar-refractivity contribution < 1.29 is 14.3 Å². The van der Waals surface area contributed by atoms with E-state index in [1.807, 2.05) is 44.1 Å². The monoisotopic (exact) mass is 410 g/mol. The molecule has 7 nitrogen and oxygen atoms in total. The molecule has 0 spiro atoms. The number of carbonyl (C=O) groups is 2. The Hall–Kier alpha value is -2.90. The Morgan fingerprint density at radius 2 is 1.70 bits per heavy atom. The normalized spacial score (nSPS) is 15.3. The summed E-state index contributed by atoms with van der Waals surface area (Å²) in [5, 5.41) is 5.49. The molecule has 7 heteroatoms. The summed E-state index contributed by atoms with van der Waals surface area (Å²) in [7, 11) is 4.00. The summed E-state index contributed by atoms with van der Waals surface area (Å²) in [5.74, 6) is -1.30. The molecule has 1 aliphatic rings. The van der Waals surface area contributed by atoms with Crippen LogP contribution < -0.4 is 15.5 Å². The number of aryl methyl sites for hydroxylation is 1. The van der Waals surface area contributed by atoms with Crippen molar-refractivity contribution in [2.75, 3.05) is 57.2 Å². The first-order valence-electron chi connectivity index (χ1n) is 10.2.